The van der Waals surface area contributed by atoms with Crippen LogP contribution in [0.15, 0.2) is 6.07 Å². The van der Waals surface area contributed by atoms with Gasteiger partial charge in [-0.05, 0) is 58.6 Å². The molecule has 8 nitrogen and oxygen atoms in total. The molecule has 1 aliphatic carbocycles. The van der Waals surface area contributed by atoms with Crippen molar-refractivity contribution in [2.45, 2.75) is 63.6 Å². The van der Waals surface area contributed by atoms with Gasteiger partial charge in [0.25, 0.3) is 5.91 Å². The summed E-state index contributed by atoms with van der Waals surface area (Å²) in [6, 6.07) is 2.85. The number of piperazine rings is 1. The molecule has 1 N–H and O–H groups in total. The number of aryl methyl sites for hydroxylation is 1. The Morgan fingerprint density at radius 3 is 2.59 bits per heavy atom. The van der Waals surface area contributed by atoms with E-state index in [0.29, 0.717) is 18.6 Å². The van der Waals surface area contributed by atoms with Crippen LogP contribution < -0.4 is 5.32 Å². The van der Waals surface area contributed by atoms with Crippen molar-refractivity contribution < 1.29 is 14.3 Å². The minimum Gasteiger partial charge on any atom is -0.381 e. The lowest BCUT2D eigenvalue weighted by Crippen LogP contribution is -2.54. The standard InChI is InChI=1S/C23H33N5O3S/c1-15-19-13-20(32-23(19)28(25-15)18-7-11-31-12-8-18)22(30)24-16-3-5-17(6-4-16)27-10-9-26(2)14-21(27)29/h13,16-18H,3-12,14H2,1-2H3,(H,24,30). The second-order valence-electron chi connectivity index (χ2n) is 9.51. The van der Waals surface area contributed by atoms with Crippen molar-refractivity contribution in [3.05, 3.63) is 16.6 Å². The first-order chi connectivity index (χ1) is 15.5. The highest BCUT2D eigenvalue weighted by atomic mass is 32.1. The lowest BCUT2D eigenvalue weighted by atomic mass is 9.89. The number of hydrogen-bond donors (Lipinski definition) is 1. The molecule has 2 saturated heterocycles. The number of rotatable bonds is 4. The van der Waals surface area contributed by atoms with Crippen molar-refractivity contribution in [2.24, 2.45) is 0 Å². The number of amides is 2. The molecule has 0 atom stereocenters. The molecule has 2 aromatic rings. The Labute approximate surface area is 192 Å². The number of hydrogen-bond acceptors (Lipinski definition) is 6. The Bertz CT molecular complexity index is 987. The van der Waals surface area contributed by atoms with Gasteiger partial charge in [-0.1, -0.05) is 0 Å². The number of fused-ring (bicyclic) bond motifs is 1. The van der Waals surface area contributed by atoms with E-state index < -0.39 is 0 Å². The fraction of sp³-hybridized carbons (Fsp3) is 0.696. The molecule has 3 aliphatic rings. The van der Waals surface area contributed by atoms with Gasteiger partial charge in [0.05, 0.1) is 23.2 Å². The Hall–Kier alpha value is -1.97. The van der Waals surface area contributed by atoms with Crippen molar-refractivity contribution in [1.29, 1.82) is 0 Å². The highest BCUT2D eigenvalue weighted by molar-refractivity contribution is 7.20. The third kappa shape index (κ3) is 4.30. The van der Waals surface area contributed by atoms with Crippen LogP contribution in [0.3, 0.4) is 0 Å². The van der Waals surface area contributed by atoms with Gasteiger partial charge in [-0.25, -0.2) is 0 Å². The Morgan fingerprint density at radius 2 is 1.88 bits per heavy atom. The summed E-state index contributed by atoms with van der Waals surface area (Å²) in [7, 11) is 2.00. The van der Waals surface area contributed by atoms with Crippen LogP contribution >= 0.6 is 11.3 Å². The molecular weight excluding hydrogens is 426 g/mol. The fourth-order valence-electron chi connectivity index (χ4n) is 5.34. The van der Waals surface area contributed by atoms with Crippen molar-refractivity contribution in [3.63, 3.8) is 0 Å². The van der Waals surface area contributed by atoms with Crippen LogP contribution in [-0.4, -0.2) is 83.4 Å². The van der Waals surface area contributed by atoms with Crippen molar-refractivity contribution in [3.8, 4) is 0 Å². The van der Waals surface area contributed by atoms with E-state index in [9.17, 15) is 9.59 Å². The van der Waals surface area contributed by atoms with Crippen LogP contribution in [-0.2, 0) is 9.53 Å². The molecule has 0 aromatic carbocycles. The van der Waals surface area contributed by atoms with E-state index in [0.717, 1.165) is 85.6 Å². The maximum atomic E-state index is 13.0. The Kier molecular flexibility index (Phi) is 6.22. The van der Waals surface area contributed by atoms with Gasteiger partial charge >= 0.3 is 0 Å². The third-order valence-corrected chi connectivity index (χ3v) is 8.37. The second kappa shape index (κ2) is 9.11. The molecule has 1 saturated carbocycles. The van der Waals surface area contributed by atoms with Crippen molar-refractivity contribution in [2.75, 3.05) is 39.9 Å². The summed E-state index contributed by atoms with van der Waals surface area (Å²) in [6.07, 6.45) is 5.71. The second-order valence-corrected chi connectivity index (χ2v) is 10.5. The molecule has 5 rings (SSSR count). The number of carbonyl (C=O) groups excluding carboxylic acids is 2. The van der Waals surface area contributed by atoms with Crippen LogP contribution in [0.4, 0.5) is 0 Å². The summed E-state index contributed by atoms with van der Waals surface area (Å²) in [4.78, 5) is 31.4. The summed E-state index contributed by atoms with van der Waals surface area (Å²) in [5.74, 6) is 0.258. The number of ether oxygens (including phenoxy) is 1. The lowest BCUT2D eigenvalue weighted by molar-refractivity contribution is -0.138. The van der Waals surface area contributed by atoms with Gasteiger partial charge in [0.15, 0.2) is 0 Å². The van der Waals surface area contributed by atoms with Gasteiger partial charge in [-0.2, -0.15) is 5.10 Å². The molecule has 32 heavy (non-hydrogen) atoms. The maximum absolute atomic E-state index is 13.0. The Morgan fingerprint density at radius 1 is 1.12 bits per heavy atom. The summed E-state index contributed by atoms with van der Waals surface area (Å²) in [5, 5.41) is 9.10. The van der Waals surface area contributed by atoms with Crippen molar-refractivity contribution >= 4 is 33.4 Å². The predicted molar refractivity (Wildman–Crippen MR) is 124 cm³/mol. The van der Waals surface area contributed by atoms with Crippen molar-refractivity contribution in [1.82, 2.24) is 24.9 Å². The van der Waals surface area contributed by atoms with Crippen LogP contribution in [0, 0.1) is 6.92 Å². The number of nitrogens with one attached hydrogen (secondary N) is 1. The number of thiophene rings is 1. The van der Waals surface area contributed by atoms with Gasteiger partial charge < -0.3 is 15.0 Å². The minimum atomic E-state index is 0.0169. The molecule has 3 fully saturated rings. The van der Waals surface area contributed by atoms with E-state index in [4.69, 9.17) is 9.84 Å². The summed E-state index contributed by atoms with van der Waals surface area (Å²) in [6.45, 7) is 5.85. The summed E-state index contributed by atoms with van der Waals surface area (Å²) < 4.78 is 7.62. The average molecular weight is 460 g/mol. The number of aromatic nitrogens is 2. The minimum absolute atomic E-state index is 0.0169. The number of likely N-dealkylation sites (N-methyl/N-ethyl adjacent to an activating group) is 1. The molecule has 2 aromatic heterocycles. The molecule has 0 spiro atoms. The lowest BCUT2D eigenvalue weighted by Gasteiger charge is -2.41. The largest absolute Gasteiger partial charge is 0.381 e. The zero-order valence-corrected chi connectivity index (χ0v) is 19.8. The van der Waals surface area contributed by atoms with Crippen LogP contribution in [0.25, 0.3) is 10.2 Å². The van der Waals surface area contributed by atoms with Crippen LogP contribution in [0.2, 0.25) is 0 Å². The van der Waals surface area contributed by atoms with Crippen LogP contribution in [0.1, 0.15) is 59.9 Å². The monoisotopic (exact) mass is 459 g/mol. The van der Waals surface area contributed by atoms with E-state index in [2.05, 4.69) is 19.8 Å². The molecule has 0 unspecified atom stereocenters. The molecule has 174 valence electrons. The maximum Gasteiger partial charge on any atom is 0.261 e. The molecule has 9 heteroatoms. The zero-order valence-electron chi connectivity index (χ0n) is 19.0. The first-order valence-corrected chi connectivity index (χ1v) is 12.7. The van der Waals surface area contributed by atoms with E-state index >= 15 is 0 Å². The predicted octanol–water partition coefficient (Wildman–Crippen LogP) is 2.57. The topological polar surface area (TPSA) is 79.7 Å². The van der Waals surface area contributed by atoms with E-state index in [-0.39, 0.29) is 17.9 Å². The molecule has 2 aliphatic heterocycles. The van der Waals surface area contributed by atoms with Gasteiger partial charge in [0.2, 0.25) is 5.91 Å². The molecule has 4 heterocycles. The SMILES string of the molecule is Cc1nn(C2CCOCC2)c2sc(C(=O)NC3CCC(N4CCN(C)CC4=O)CC3)cc12. The van der Waals surface area contributed by atoms with E-state index in [1.54, 1.807) is 11.3 Å². The smallest absolute Gasteiger partial charge is 0.261 e. The highest BCUT2D eigenvalue weighted by Crippen LogP contribution is 2.33. The quantitative estimate of drug-likeness (QED) is 0.760. The molecular formula is C23H33N5O3S. The van der Waals surface area contributed by atoms with Gasteiger partial charge in [0.1, 0.15) is 4.83 Å². The molecule has 2 amide bonds. The molecule has 0 bridgehead atoms. The fourth-order valence-corrected chi connectivity index (χ4v) is 6.48. The van der Waals surface area contributed by atoms with Crippen LogP contribution in [0.5, 0.6) is 0 Å². The normalized spacial score (nSPS) is 26.1. The van der Waals surface area contributed by atoms with E-state index in [1.807, 2.05) is 20.0 Å². The summed E-state index contributed by atoms with van der Waals surface area (Å²) >= 11 is 1.55. The first-order valence-electron chi connectivity index (χ1n) is 11.8. The van der Waals surface area contributed by atoms with E-state index in [1.165, 1.54) is 0 Å². The number of nitrogens with zero attached hydrogens (tertiary/aromatic N) is 4. The zero-order chi connectivity index (χ0) is 22.2. The first kappa shape index (κ1) is 21.9. The highest BCUT2D eigenvalue weighted by Gasteiger charge is 2.32. The third-order valence-electron chi connectivity index (χ3n) is 7.25. The van der Waals surface area contributed by atoms with Gasteiger partial charge in [-0.15, -0.1) is 11.3 Å². The van der Waals surface area contributed by atoms with Gasteiger partial charge in [-0.3, -0.25) is 19.2 Å². The van der Waals surface area contributed by atoms with Gasteiger partial charge in [0, 0.05) is 43.8 Å². The Balaban J connectivity index is 1.21. The summed E-state index contributed by atoms with van der Waals surface area (Å²) in [5.41, 5.74) is 0.985. The molecule has 0 radical (unpaired) electrons. The number of carbonyl (C=O) groups is 2. The average Bonchev–Trinajstić information content (AvgIpc) is 3.36.